The number of hydrogen-bond donors (Lipinski definition) is 1. The molecule has 0 bridgehead atoms. The van der Waals surface area contributed by atoms with E-state index in [1.54, 1.807) is 38.1 Å². The van der Waals surface area contributed by atoms with Crippen molar-refractivity contribution in [3.63, 3.8) is 0 Å². The number of anilines is 1. The molecule has 1 N–H and O–H groups in total. The first-order chi connectivity index (χ1) is 17.9. The summed E-state index contributed by atoms with van der Waals surface area (Å²) >= 11 is 9.75. The number of likely N-dealkylation sites (N-methyl/N-ethyl adjacent to an activating group) is 1. The fourth-order valence-electron chi connectivity index (χ4n) is 3.79. The highest BCUT2D eigenvalue weighted by molar-refractivity contribution is 9.10. The highest BCUT2D eigenvalue weighted by Gasteiger charge is 2.32. The van der Waals surface area contributed by atoms with Crippen LogP contribution < -0.4 is 9.62 Å². The quantitative estimate of drug-likeness (QED) is 0.326. The summed E-state index contributed by atoms with van der Waals surface area (Å²) in [7, 11) is -4.14. The zero-order valence-corrected chi connectivity index (χ0v) is 24.9. The van der Waals surface area contributed by atoms with Crippen LogP contribution in [0.25, 0.3) is 0 Å². The minimum atomic E-state index is -4.14. The first-order valence-corrected chi connectivity index (χ1v) is 14.7. The van der Waals surface area contributed by atoms with Crippen LogP contribution in [0.3, 0.4) is 0 Å². The second-order valence-corrected chi connectivity index (χ2v) is 12.2. The summed E-state index contributed by atoms with van der Waals surface area (Å²) in [6.45, 7) is 7.10. The van der Waals surface area contributed by atoms with E-state index < -0.39 is 28.5 Å². The van der Waals surface area contributed by atoms with Crippen LogP contribution in [-0.4, -0.2) is 44.3 Å². The molecule has 38 heavy (non-hydrogen) atoms. The van der Waals surface area contributed by atoms with Gasteiger partial charge in [0, 0.05) is 22.6 Å². The predicted molar refractivity (Wildman–Crippen MR) is 155 cm³/mol. The summed E-state index contributed by atoms with van der Waals surface area (Å²) in [6, 6.07) is 17.8. The Kier molecular flexibility index (Phi) is 9.98. The summed E-state index contributed by atoms with van der Waals surface area (Å²) in [5.74, 6) is -0.858. The number of carbonyl (C=O) groups excluding carboxylic acids is 2. The molecule has 0 unspecified atom stereocenters. The molecule has 0 aliphatic heterocycles. The molecule has 0 heterocycles. The number of sulfonamides is 1. The third-order valence-electron chi connectivity index (χ3n) is 6.12. The summed E-state index contributed by atoms with van der Waals surface area (Å²) in [6.07, 6.45) is 0. The number of nitrogens with zero attached hydrogens (tertiary/aromatic N) is 2. The summed E-state index contributed by atoms with van der Waals surface area (Å²) in [5.41, 5.74) is 2.73. The molecule has 0 saturated heterocycles. The van der Waals surface area contributed by atoms with Gasteiger partial charge in [-0.15, -0.1) is 0 Å². The smallest absolute Gasteiger partial charge is 0.264 e. The molecule has 0 spiro atoms. The van der Waals surface area contributed by atoms with Gasteiger partial charge >= 0.3 is 0 Å². The summed E-state index contributed by atoms with van der Waals surface area (Å²) in [5, 5.41) is 3.12. The Morgan fingerprint density at radius 3 is 2.21 bits per heavy atom. The van der Waals surface area contributed by atoms with Gasteiger partial charge in [0.2, 0.25) is 11.8 Å². The molecule has 7 nitrogen and oxygen atoms in total. The van der Waals surface area contributed by atoms with Crippen molar-refractivity contribution in [2.75, 3.05) is 17.4 Å². The Hall–Kier alpha value is -2.88. The lowest BCUT2D eigenvalue weighted by molar-refractivity contribution is -0.139. The van der Waals surface area contributed by atoms with E-state index >= 15 is 0 Å². The molecule has 3 aromatic rings. The van der Waals surface area contributed by atoms with Crippen LogP contribution in [0.5, 0.6) is 0 Å². The Bertz CT molecular complexity index is 1400. The second-order valence-electron chi connectivity index (χ2n) is 8.98. The molecular weight excluding hydrogens is 590 g/mol. The van der Waals surface area contributed by atoms with Crippen molar-refractivity contribution in [3.05, 3.63) is 92.9 Å². The third-order valence-corrected chi connectivity index (χ3v) is 8.84. The molecule has 0 aliphatic rings. The average molecular weight is 621 g/mol. The third kappa shape index (κ3) is 7.15. The Morgan fingerprint density at radius 1 is 1.00 bits per heavy atom. The van der Waals surface area contributed by atoms with Gasteiger partial charge in [0.05, 0.1) is 10.6 Å². The van der Waals surface area contributed by atoms with E-state index in [-0.39, 0.29) is 23.0 Å². The topological polar surface area (TPSA) is 86.8 Å². The number of amides is 2. The van der Waals surface area contributed by atoms with Crippen LogP contribution in [0.2, 0.25) is 5.02 Å². The maximum atomic E-state index is 13.8. The van der Waals surface area contributed by atoms with Gasteiger partial charge in [-0.25, -0.2) is 8.42 Å². The van der Waals surface area contributed by atoms with Crippen LogP contribution in [0.4, 0.5) is 5.69 Å². The highest BCUT2D eigenvalue weighted by atomic mass is 79.9. The van der Waals surface area contributed by atoms with E-state index in [9.17, 15) is 18.0 Å². The fraction of sp³-hybridized carbons (Fsp3) is 0.286. The number of halogens is 2. The van der Waals surface area contributed by atoms with Gasteiger partial charge < -0.3 is 10.2 Å². The minimum absolute atomic E-state index is 0.0452. The van der Waals surface area contributed by atoms with Gasteiger partial charge in [0.15, 0.2) is 0 Å². The number of carbonyl (C=O) groups is 2. The van der Waals surface area contributed by atoms with Crippen molar-refractivity contribution in [2.24, 2.45) is 0 Å². The molecule has 3 aromatic carbocycles. The van der Waals surface area contributed by atoms with Crippen LogP contribution >= 0.6 is 27.5 Å². The Balaban J connectivity index is 2.05. The fourth-order valence-corrected chi connectivity index (χ4v) is 5.64. The first kappa shape index (κ1) is 29.7. The molecule has 0 fully saturated rings. The summed E-state index contributed by atoms with van der Waals surface area (Å²) < 4.78 is 29.6. The largest absolute Gasteiger partial charge is 0.355 e. The number of aryl methyl sites for hydroxylation is 2. The van der Waals surface area contributed by atoms with Gasteiger partial charge in [0.1, 0.15) is 12.6 Å². The van der Waals surface area contributed by atoms with E-state index in [1.165, 1.54) is 23.1 Å². The first-order valence-electron chi connectivity index (χ1n) is 12.1. The SMILES string of the molecule is CCNC(=O)[C@@H](C)N(Cc1ccc(Br)cc1)C(=O)CN(c1ccc(C)c(Cl)c1)S(=O)(=O)c1ccc(C)cc1. The van der Waals surface area contributed by atoms with Gasteiger partial charge in [-0.1, -0.05) is 63.4 Å². The molecule has 10 heteroatoms. The predicted octanol–water partition coefficient (Wildman–Crippen LogP) is 5.47. The lowest BCUT2D eigenvalue weighted by Crippen LogP contribution is -2.51. The van der Waals surface area contributed by atoms with Crippen molar-refractivity contribution >= 4 is 55.1 Å². The Morgan fingerprint density at radius 2 is 1.63 bits per heavy atom. The molecule has 2 amide bonds. The van der Waals surface area contributed by atoms with Crippen molar-refractivity contribution in [1.82, 2.24) is 10.2 Å². The lowest BCUT2D eigenvalue weighted by Gasteiger charge is -2.32. The van der Waals surface area contributed by atoms with Crippen molar-refractivity contribution in [3.8, 4) is 0 Å². The monoisotopic (exact) mass is 619 g/mol. The van der Waals surface area contributed by atoms with E-state index in [2.05, 4.69) is 21.2 Å². The standard InChI is InChI=1S/C28H31BrClN3O4S/c1-5-31-28(35)21(4)32(17-22-9-11-23(29)12-10-22)27(34)18-33(24-13-8-20(3)26(30)16-24)38(36,37)25-14-6-19(2)7-15-25/h6-16,21H,5,17-18H2,1-4H3,(H,31,35)/t21-/m1/s1. The van der Waals surface area contributed by atoms with E-state index in [0.29, 0.717) is 11.6 Å². The molecule has 202 valence electrons. The van der Waals surface area contributed by atoms with Crippen LogP contribution in [0.1, 0.15) is 30.5 Å². The van der Waals surface area contributed by atoms with Crippen molar-refractivity contribution < 1.29 is 18.0 Å². The van der Waals surface area contributed by atoms with E-state index in [0.717, 1.165) is 25.5 Å². The zero-order chi connectivity index (χ0) is 28.0. The Labute approximate surface area is 238 Å². The zero-order valence-electron chi connectivity index (χ0n) is 21.7. The van der Waals surface area contributed by atoms with E-state index in [4.69, 9.17) is 11.6 Å². The highest BCUT2D eigenvalue weighted by Crippen LogP contribution is 2.29. The average Bonchev–Trinajstić information content (AvgIpc) is 2.88. The number of nitrogens with one attached hydrogen (secondary N) is 1. The number of benzene rings is 3. The van der Waals surface area contributed by atoms with Crippen molar-refractivity contribution in [2.45, 2.75) is 45.2 Å². The van der Waals surface area contributed by atoms with Crippen LogP contribution in [0, 0.1) is 13.8 Å². The van der Waals surface area contributed by atoms with Gasteiger partial charge in [-0.2, -0.15) is 0 Å². The van der Waals surface area contributed by atoms with Gasteiger partial charge in [0.25, 0.3) is 10.0 Å². The molecule has 0 saturated carbocycles. The summed E-state index contributed by atoms with van der Waals surface area (Å²) in [4.78, 5) is 28.0. The second kappa shape index (κ2) is 12.8. The lowest BCUT2D eigenvalue weighted by atomic mass is 10.1. The normalized spacial score (nSPS) is 12.1. The number of hydrogen-bond acceptors (Lipinski definition) is 4. The van der Waals surface area contributed by atoms with E-state index in [1.807, 2.05) is 38.1 Å². The molecule has 1 atom stereocenters. The van der Waals surface area contributed by atoms with Crippen LogP contribution in [-0.2, 0) is 26.2 Å². The van der Waals surface area contributed by atoms with Gasteiger partial charge in [-0.3, -0.25) is 13.9 Å². The molecule has 0 aliphatic carbocycles. The maximum Gasteiger partial charge on any atom is 0.264 e. The molecule has 0 radical (unpaired) electrons. The van der Waals surface area contributed by atoms with Crippen molar-refractivity contribution in [1.29, 1.82) is 0 Å². The molecular formula is C28H31BrClN3O4S. The van der Waals surface area contributed by atoms with Gasteiger partial charge in [-0.05, 0) is 75.2 Å². The number of rotatable bonds is 10. The molecule has 0 aromatic heterocycles. The van der Waals surface area contributed by atoms with Crippen LogP contribution in [0.15, 0.2) is 76.1 Å². The maximum absolute atomic E-state index is 13.8. The minimum Gasteiger partial charge on any atom is -0.355 e. The molecule has 3 rings (SSSR count).